The molecule has 0 saturated carbocycles. The predicted molar refractivity (Wildman–Crippen MR) is 118 cm³/mol. The van der Waals surface area contributed by atoms with Crippen LogP contribution in [0.4, 0.5) is 4.39 Å². The first kappa shape index (κ1) is 23.0. The first-order chi connectivity index (χ1) is 13.7. The lowest BCUT2D eigenvalue weighted by atomic mass is 10.1. The Kier molecular flexibility index (Phi) is 9.26. The standard InChI is InChI=1S/C23H23ClFNO2.ClH/c1-27-23-13-18(15-26-12-11-17-5-3-2-4-6-17)7-10-22(23)28-16-19-8-9-20(25)14-21(19)24;/h2-10,13-14,26H,11-12,15-16H2,1H3;1H. The summed E-state index contributed by atoms with van der Waals surface area (Å²) in [6.07, 6.45) is 0.984. The van der Waals surface area contributed by atoms with Gasteiger partial charge in [-0.05, 0) is 48.4 Å². The Labute approximate surface area is 182 Å². The van der Waals surface area contributed by atoms with E-state index in [-0.39, 0.29) is 24.8 Å². The lowest BCUT2D eigenvalue weighted by Gasteiger charge is -2.13. The number of nitrogens with one attached hydrogen (secondary N) is 1. The van der Waals surface area contributed by atoms with Crippen LogP contribution in [-0.2, 0) is 19.6 Å². The molecule has 0 saturated heterocycles. The van der Waals surface area contributed by atoms with Gasteiger partial charge in [-0.25, -0.2) is 4.39 Å². The molecule has 0 aromatic heterocycles. The maximum atomic E-state index is 13.1. The van der Waals surface area contributed by atoms with E-state index in [0.717, 1.165) is 30.6 Å². The fraction of sp³-hybridized carbons (Fsp3) is 0.217. The van der Waals surface area contributed by atoms with E-state index in [1.807, 2.05) is 24.3 Å². The molecule has 0 aliphatic heterocycles. The molecule has 1 N–H and O–H groups in total. The summed E-state index contributed by atoms with van der Waals surface area (Å²) in [5, 5.41) is 3.79. The first-order valence-corrected chi connectivity index (χ1v) is 9.52. The highest BCUT2D eigenvalue weighted by atomic mass is 35.5. The van der Waals surface area contributed by atoms with Crippen LogP contribution in [0.1, 0.15) is 16.7 Å². The highest BCUT2D eigenvalue weighted by molar-refractivity contribution is 6.31. The summed E-state index contributed by atoms with van der Waals surface area (Å²) in [4.78, 5) is 0. The highest BCUT2D eigenvalue weighted by Crippen LogP contribution is 2.29. The number of rotatable bonds is 9. The summed E-state index contributed by atoms with van der Waals surface area (Å²) in [5.41, 5.74) is 3.14. The molecule has 0 amide bonds. The molecule has 0 atom stereocenters. The van der Waals surface area contributed by atoms with Gasteiger partial charge in [0, 0.05) is 12.1 Å². The van der Waals surface area contributed by atoms with Crippen LogP contribution in [0.5, 0.6) is 11.5 Å². The van der Waals surface area contributed by atoms with Crippen LogP contribution in [-0.4, -0.2) is 13.7 Å². The Hall–Kier alpha value is -2.27. The largest absolute Gasteiger partial charge is 0.493 e. The van der Waals surface area contributed by atoms with Gasteiger partial charge < -0.3 is 14.8 Å². The van der Waals surface area contributed by atoms with E-state index >= 15 is 0 Å². The van der Waals surface area contributed by atoms with Gasteiger partial charge in [-0.15, -0.1) is 12.4 Å². The molecule has 29 heavy (non-hydrogen) atoms. The minimum atomic E-state index is -0.365. The Morgan fingerprint density at radius 3 is 2.45 bits per heavy atom. The Morgan fingerprint density at radius 1 is 0.931 bits per heavy atom. The fourth-order valence-corrected chi connectivity index (χ4v) is 3.07. The number of ether oxygens (including phenoxy) is 2. The SMILES string of the molecule is COc1cc(CNCCc2ccccc2)ccc1OCc1ccc(F)cc1Cl.Cl. The third kappa shape index (κ3) is 6.93. The molecule has 3 aromatic carbocycles. The van der Waals surface area contributed by atoms with Crippen LogP contribution >= 0.6 is 24.0 Å². The molecule has 3 aromatic rings. The van der Waals surface area contributed by atoms with Crippen LogP contribution in [0, 0.1) is 5.82 Å². The molecule has 3 nitrogen and oxygen atoms in total. The van der Waals surface area contributed by atoms with E-state index in [1.165, 1.54) is 17.7 Å². The second-order valence-corrected chi connectivity index (χ2v) is 6.83. The molecule has 0 aliphatic carbocycles. The van der Waals surface area contributed by atoms with Crippen LogP contribution in [0.2, 0.25) is 5.02 Å². The van der Waals surface area contributed by atoms with E-state index in [2.05, 4.69) is 29.6 Å². The smallest absolute Gasteiger partial charge is 0.161 e. The minimum absolute atomic E-state index is 0. The van der Waals surface area contributed by atoms with Crippen molar-refractivity contribution in [3.05, 3.63) is 94.3 Å². The van der Waals surface area contributed by atoms with Crippen LogP contribution < -0.4 is 14.8 Å². The van der Waals surface area contributed by atoms with Gasteiger partial charge in [-0.2, -0.15) is 0 Å². The van der Waals surface area contributed by atoms with Crippen molar-refractivity contribution >= 4 is 24.0 Å². The van der Waals surface area contributed by atoms with Crippen molar-refractivity contribution in [2.24, 2.45) is 0 Å². The van der Waals surface area contributed by atoms with E-state index in [1.54, 1.807) is 13.2 Å². The lowest BCUT2D eigenvalue weighted by molar-refractivity contribution is 0.284. The van der Waals surface area contributed by atoms with E-state index in [0.29, 0.717) is 16.5 Å². The zero-order valence-corrected chi connectivity index (χ0v) is 17.7. The number of halogens is 3. The highest BCUT2D eigenvalue weighted by Gasteiger charge is 2.08. The summed E-state index contributed by atoms with van der Waals surface area (Å²) in [6, 6.07) is 20.5. The van der Waals surface area contributed by atoms with Crippen LogP contribution in [0.25, 0.3) is 0 Å². The van der Waals surface area contributed by atoms with Gasteiger partial charge in [0.1, 0.15) is 12.4 Å². The van der Waals surface area contributed by atoms with Gasteiger partial charge in [0.2, 0.25) is 0 Å². The summed E-state index contributed by atoms with van der Waals surface area (Å²) in [5.74, 6) is 0.909. The van der Waals surface area contributed by atoms with Gasteiger partial charge in [0.05, 0.1) is 12.1 Å². The van der Waals surface area contributed by atoms with Crippen molar-refractivity contribution in [3.63, 3.8) is 0 Å². The molecule has 3 rings (SSSR count). The van der Waals surface area contributed by atoms with Crippen molar-refractivity contribution in [2.45, 2.75) is 19.6 Å². The van der Waals surface area contributed by atoms with Crippen molar-refractivity contribution in [2.75, 3.05) is 13.7 Å². The minimum Gasteiger partial charge on any atom is -0.493 e. The number of methoxy groups -OCH3 is 1. The molecule has 0 spiro atoms. The summed E-state index contributed by atoms with van der Waals surface area (Å²) in [7, 11) is 1.61. The Bertz CT molecular complexity index is 907. The van der Waals surface area contributed by atoms with Gasteiger partial charge in [0.15, 0.2) is 11.5 Å². The third-order valence-electron chi connectivity index (χ3n) is 4.39. The number of hydrogen-bond donors (Lipinski definition) is 1. The Balaban J connectivity index is 0.00000300. The third-order valence-corrected chi connectivity index (χ3v) is 4.74. The van der Waals surface area contributed by atoms with Gasteiger partial charge in [-0.1, -0.05) is 54.1 Å². The number of benzene rings is 3. The van der Waals surface area contributed by atoms with Gasteiger partial charge >= 0.3 is 0 Å². The number of hydrogen-bond acceptors (Lipinski definition) is 3. The summed E-state index contributed by atoms with van der Waals surface area (Å²) >= 11 is 6.05. The maximum absolute atomic E-state index is 13.1. The van der Waals surface area contributed by atoms with Crippen LogP contribution in [0.15, 0.2) is 66.7 Å². The van der Waals surface area contributed by atoms with Gasteiger partial charge in [-0.3, -0.25) is 0 Å². The van der Waals surface area contributed by atoms with Crippen molar-refractivity contribution in [3.8, 4) is 11.5 Å². The normalized spacial score (nSPS) is 10.3. The van der Waals surface area contributed by atoms with E-state index in [9.17, 15) is 4.39 Å². The van der Waals surface area contributed by atoms with Crippen molar-refractivity contribution in [1.82, 2.24) is 5.32 Å². The quantitative estimate of drug-likeness (QED) is 0.429. The second kappa shape index (κ2) is 11.7. The van der Waals surface area contributed by atoms with Crippen LogP contribution in [0.3, 0.4) is 0 Å². The molecule has 0 unspecified atom stereocenters. The first-order valence-electron chi connectivity index (χ1n) is 9.14. The second-order valence-electron chi connectivity index (χ2n) is 6.42. The zero-order chi connectivity index (χ0) is 19.8. The molecular formula is C23H24Cl2FNO2. The predicted octanol–water partition coefficient (Wildman–Crippen LogP) is 5.82. The monoisotopic (exact) mass is 435 g/mol. The summed E-state index contributed by atoms with van der Waals surface area (Å²) < 4.78 is 24.4. The average molecular weight is 436 g/mol. The van der Waals surface area contributed by atoms with E-state index < -0.39 is 0 Å². The van der Waals surface area contributed by atoms with Crippen molar-refractivity contribution < 1.29 is 13.9 Å². The molecule has 6 heteroatoms. The molecule has 154 valence electrons. The fourth-order valence-electron chi connectivity index (χ4n) is 2.85. The Morgan fingerprint density at radius 2 is 1.72 bits per heavy atom. The molecule has 0 fully saturated rings. The van der Waals surface area contributed by atoms with Gasteiger partial charge in [0.25, 0.3) is 0 Å². The molecule has 0 bridgehead atoms. The molecular weight excluding hydrogens is 412 g/mol. The summed E-state index contributed by atoms with van der Waals surface area (Å²) in [6.45, 7) is 1.88. The van der Waals surface area contributed by atoms with Crippen molar-refractivity contribution in [1.29, 1.82) is 0 Å². The molecule has 0 radical (unpaired) electrons. The van der Waals surface area contributed by atoms with E-state index in [4.69, 9.17) is 21.1 Å². The lowest BCUT2D eigenvalue weighted by Crippen LogP contribution is -2.16. The topological polar surface area (TPSA) is 30.5 Å². The zero-order valence-electron chi connectivity index (χ0n) is 16.2. The molecule has 0 heterocycles. The molecule has 0 aliphatic rings. The maximum Gasteiger partial charge on any atom is 0.161 e. The average Bonchev–Trinajstić information content (AvgIpc) is 2.72.